The number of benzene rings is 1. The highest BCUT2D eigenvalue weighted by Gasteiger charge is 2.30. The predicted octanol–water partition coefficient (Wildman–Crippen LogP) is 3.74. The molecule has 1 aliphatic heterocycles. The van der Waals surface area contributed by atoms with E-state index in [2.05, 4.69) is 20.8 Å². The van der Waals surface area contributed by atoms with Crippen molar-refractivity contribution in [2.45, 2.75) is 18.6 Å². The molecule has 2 heterocycles. The Labute approximate surface area is 163 Å². The Morgan fingerprint density at radius 2 is 2.08 bits per heavy atom. The van der Waals surface area contributed by atoms with Crippen molar-refractivity contribution in [1.29, 1.82) is 0 Å². The van der Waals surface area contributed by atoms with Crippen LogP contribution in [-0.4, -0.2) is 27.9 Å². The highest BCUT2D eigenvalue weighted by Crippen LogP contribution is 2.23. The molecule has 9 heteroatoms. The number of thioether (sulfide) groups is 1. The van der Waals surface area contributed by atoms with Gasteiger partial charge in [0, 0.05) is 17.1 Å². The van der Waals surface area contributed by atoms with E-state index < -0.39 is 5.25 Å². The van der Waals surface area contributed by atoms with Crippen molar-refractivity contribution in [1.82, 2.24) is 5.32 Å². The number of nitrogens with one attached hydrogen (secondary N) is 2. The lowest BCUT2D eigenvalue weighted by Gasteiger charge is -2.21. The van der Waals surface area contributed by atoms with Crippen LogP contribution in [0.5, 0.6) is 0 Å². The average Bonchev–Trinajstić information content (AvgIpc) is 3.16. The Balaban J connectivity index is 1.68. The van der Waals surface area contributed by atoms with Crippen molar-refractivity contribution in [2.24, 2.45) is 10.2 Å². The molecule has 2 N–H and O–H groups in total. The molecule has 134 valence electrons. The molecule has 0 aliphatic carbocycles. The van der Waals surface area contributed by atoms with E-state index in [4.69, 9.17) is 11.6 Å². The first kappa shape index (κ1) is 18.6. The lowest BCUT2D eigenvalue weighted by Crippen LogP contribution is -2.41. The van der Waals surface area contributed by atoms with Crippen LogP contribution in [0.25, 0.3) is 0 Å². The summed E-state index contributed by atoms with van der Waals surface area (Å²) in [7, 11) is 0. The maximum absolute atomic E-state index is 12.4. The maximum Gasteiger partial charge on any atom is 0.238 e. The van der Waals surface area contributed by atoms with Crippen LogP contribution in [0, 0.1) is 0 Å². The molecule has 26 heavy (non-hydrogen) atoms. The van der Waals surface area contributed by atoms with E-state index in [9.17, 15) is 9.59 Å². The van der Waals surface area contributed by atoms with Gasteiger partial charge < -0.3 is 10.6 Å². The second-order valence-electron chi connectivity index (χ2n) is 5.42. The van der Waals surface area contributed by atoms with E-state index >= 15 is 0 Å². The van der Waals surface area contributed by atoms with Gasteiger partial charge in [-0.1, -0.05) is 29.4 Å². The van der Waals surface area contributed by atoms with Gasteiger partial charge in [0.05, 0.1) is 10.6 Å². The van der Waals surface area contributed by atoms with E-state index in [1.807, 2.05) is 24.4 Å². The van der Waals surface area contributed by atoms with E-state index in [1.54, 1.807) is 35.6 Å². The summed E-state index contributed by atoms with van der Waals surface area (Å²) in [6, 6.07) is 10.7. The third-order valence-corrected chi connectivity index (χ3v) is 5.75. The van der Waals surface area contributed by atoms with Crippen molar-refractivity contribution in [3.63, 3.8) is 0 Å². The number of carbonyl (C=O) groups excluding carboxylic acids is 2. The molecule has 3 rings (SSSR count). The topological polar surface area (TPSA) is 82.9 Å². The molecule has 1 aromatic heterocycles. The SMILES string of the molecule is CC(=NN=C1NC(=O)CC(C(=O)Nc2ccc(Cl)cc2)S1)c1cccs1. The van der Waals surface area contributed by atoms with Gasteiger partial charge in [-0.2, -0.15) is 5.10 Å². The molecule has 2 aromatic rings. The van der Waals surface area contributed by atoms with Crippen LogP contribution >= 0.6 is 34.7 Å². The number of halogens is 1. The van der Waals surface area contributed by atoms with Gasteiger partial charge in [0.2, 0.25) is 11.8 Å². The first-order valence-corrected chi connectivity index (χ1v) is 9.84. The molecule has 1 fully saturated rings. The number of rotatable bonds is 4. The average molecular weight is 407 g/mol. The van der Waals surface area contributed by atoms with Gasteiger partial charge in [0.1, 0.15) is 5.25 Å². The van der Waals surface area contributed by atoms with Crippen LogP contribution in [0.3, 0.4) is 0 Å². The zero-order chi connectivity index (χ0) is 18.5. The van der Waals surface area contributed by atoms with Gasteiger partial charge >= 0.3 is 0 Å². The Morgan fingerprint density at radius 1 is 1.31 bits per heavy atom. The zero-order valence-corrected chi connectivity index (χ0v) is 16.1. The Morgan fingerprint density at radius 3 is 2.77 bits per heavy atom. The predicted molar refractivity (Wildman–Crippen MR) is 108 cm³/mol. The maximum atomic E-state index is 12.4. The number of amidine groups is 1. The van der Waals surface area contributed by atoms with Crippen LogP contribution in [-0.2, 0) is 9.59 Å². The molecule has 1 aromatic carbocycles. The Kier molecular flexibility index (Phi) is 6.08. The molecular formula is C17H15ClN4O2S2. The summed E-state index contributed by atoms with van der Waals surface area (Å²) >= 11 is 8.57. The number of anilines is 1. The fraction of sp³-hybridized carbons (Fsp3) is 0.176. The fourth-order valence-corrected chi connectivity index (χ4v) is 3.88. The largest absolute Gasteiger partial charge is 0.325 e. The summed E-state index contributed by atoms with van der Waals surface area (Å²) in [4.78, 5) is 25.3. The molecule has 1 saturated heterocycles. The number of thiophene rings is 1. The molecule has 1 atom stereocenters. The van der Waals surface area contributed by atoms with E-state index in [0.717, 1.165) is 10.6 Å². The highest BCUT2D eigenvalue weighted by molar-refractivity contribution is 8.15. The molecule has 2 amide bonds. The van der Waals surface area contributed by atoms with Crippen molar-refractivity contribution in [2.75, 3.05) is 5.32 Å². The van der Waals surface area contributed by atoms with Crippen LogP contribution < -0.4 is 10.6 Å². The highest BCUT2D eigenvalue weighted by atomic mass is 35.5. The van der Waals surface area contributed by atoms with Crippen LogP contribution in [0.2, 0.25) is 5.02 Å². The van der Waals surface area contributed by atoms with Gasteiger partial charge in [0.15, 0.2) is 5.17 Å². The standard InChI is InChI=1S/C17H15ClN4O2S2/c1-10(13-3-2-8-25-13)21-22-17-20-15(23)9-14(26-17)16(24)19-12-6-4-11(18)5-7-12/h2-8,14H,9H2,1H3,(H,19,24)(H,20,22,23). The van der Waals surface area contributed by atoms with E-state index in [0.29, 0.717) is 15.9 Å². The van der Waals surface area contributed by atoms with Crippen LogP contribution in [0.15, 0.2) is 52.0 Å². The molecule has 0 bridgehead atoms. The normalized spacial score (nSPS) is 19.3. The van der Waals surface area contributed by atoms with Gasteiger partial charge in [-0.3, -0.25) is 9.59 Å². The van der Waals surface area contributed by atoms with E-state index in [1.165, 1.54) is 11.8 Å². The molecular weight excluding hydrogens is 392 g/mol. The quantitative estimate of drug-likeness (QED) is 0.599. The molecule has 0 radical (unpaired) electrons. The second-order valence-corrected chi connectivity index (χ2v) is 8.00. The van der Waals surface area contributed by atoms with E-state index in [-0.39, 0.29) is 18.2 Å². The Bertz CT molecular complexity index is 863. The summed E-state index contributed by atoms with van der Waals surface area (Å²) in [5, 5.41) is 15.9. The van der Waals surface area contributed by atoms with Crippen LogP contribution in [0.4, 0.5) is 5.69 Å². The number of carbonyl (C=O) groups is 2. The minimum Gasteiger partial charge on any atom is -0.325 e. The molecule has 1 unspecified atom stereocenters. The number of nitrogens with zero attached hydrogens (tertiary/aromatic N) is 2. The monoisotopic (exact) mass is 406 g/mol. The second kappa shape index (κ2) is 8.48. The third kappa shape index (κ3) is 4.94. The zero-order valence-electron chi connectivity index (χ0n) is 13.7. The number of amides is 2. The smallest absolute Gasteiger partial charge is 0.238 e. The minimum atomic E-state index is -0.574. The molecule has 6 nitrogen and oxygen atoms in total. The summed E-state index contributed by atoms with van der Waals surface area (Å²) in [5.41, 5.74) is 1.37. The van der Waals surface area contributed by atoms with Gasteiger partial charge in [0.25, 0.3) is 0 Å². The lowest BCUT2D eigenvalue weighted by molar-refractivity contribution is -0.123. The van der Waals surface area contributed by atoms with Gasteiger partial charge in [-0.05, 0) is 42.6 Å². The van der Waals surface area contributed by atoms with Gasteiger partial charge in [-0.25, -0.2) is 0 Å². The molecule has 0 saturated carbocycles. The van der Waals surface area contributed by atoms with Crippen molar-refractivity contribution in [3.8, 4) is 0 Å². The Hall–Kier alpha value is -2.16. The lowest BCUT2D eigenvalue weighted by atomic mass is 10.2. The third-order valence-electron chi connectivity index (χ3n) is 3.44. The number of hydrogen-bond acceptors (Lipinski definition) is 6. The fourth-order valence-electron chi connectivity index (χ4n) is 2.15. The van der Waals surface area contributed by atoms with Crippen molar-refractivity contribution in [3.05, 3.63) is 51.7 Å². The summed E-state index contributed by atoms with van der Waals surface area (Å²) in [6.07, 6.45) is 0.0801. The number of hydrogen-bond donors (Lipinski definition) is 2. The first-order valence-electron chi connectivity index (χ1n) is 7.70. The van der Waals surface area contributed by atoms with Crippen molar-refractivity contribution < 1.29 is 9.59 Å². The van der Waals surface area contributed by atoms with Crippen molar-refractivity contribution >= 4 is 63.1 Å². The summed E-state index contributed by atoms with van der Waals surface area (Å²) in [6.45, 7) is 1.84. The minimum absolute atomic E-state index is 0.0801. The molecule has 1 aliphatic rings. The summed E-state index contributed by atoms with van der Waals surface area (Å²) < 4.78 is 0. The van der Waals surface area contributed by atoms with Crippen LogP contribution in [0.1, 0.15) is 18.2 Å². The van der Waals surface area contributed by atoms with Gasteiger partial charge in [-0.15, -0.1) is 16.4 Å². The first-order chi connectivity index (χ1) is 12.5. The molecule has 0 spiro atoms. The summed E-state index contributed by atoms with van der Waals surface area (Å²) in [5.74, 6) is -0.526.